The van der Waals surface area contributed by atoms with Crippen molar-refractivity contribution in [1.82, 2.24) is 4.98 Å². The van der Waals surface area contributed by atoms with Crippen molar-refractivity contribution in [2.45, 2.75) is 26.7 Å². The molecule has 0 saturated carbocycles. The predicted octanol–water partition coefficient (Wildman–Crippen LogP) is 2.30. The van der Waals surface area contributed by atoms with Crippen LogP contribution in [0.15, 0.2) is 12.1 Å². The Hall–Kier alpha value is -1.45. The van der Waals surface area contributed by atoms with Gasteiger partial charge in [0.05, 0.1) is 12.3 Å². The summed E-state index contributed by atoms with van der Waals surface area (Å²) in [5, 5.41) is 0. The molecular weight excluding hydrogens is 214 g/mol. The van der Waals surface area contributed by atoms with Gasteiger partial charge in [-0.2, -0.15) is 4.98 Å². The standard InChI is InChI=1S/C13H21N3O/c1-3-17-13-11(14)4-5-12(15-13)16-8-6-10(2)7-9-16/h4-5,10H,3,6-9,14H2,1-2H3. The van der Waals surface area contributed by atoms with Crippen LogP contribution in [0.5, 0.6) is 5.88 Å². The lowest BCUT2D eigenvalue weighted by Gasteiger charge is -2.31. The number of hydrogen-bond acceptors (Lipinski definition) is 4. The van der Waals surface area contributed by atoms with Crippen LogP contribution in [0.25, 0.3) is 0 Å². The van der Waals surface area contributed by atoms with Gasteiger partial charge in [-0.3, -0.25) is 0 Å². The molecule has 0 unspecified atom stereocenters. The summed E-state index contributed by atoms with van der Waals surface area (Å²) in [6, 6.07) is 3.86. The number of nitrogen functional groups attached to an aromatic ring is 1. The maximum absolute atomic E-state index is 5.82. The Morgan fingerprint density at radius 3 is 2.76 bits per heavy atom. The SMILES string of the molecule is CCOc1nc(N2CCC(C)CC2)ccc1N. The third kappa shape index (κ3) is 2.81. The van der Waals surface area contributed by atoms with Gasteiger partial charge in [0, 0.05) is 13.1 Å². The zero-order chi connectivity index (χ0) is 12.3. The number of pyridine rings is 1. The van der Waals surface area contributed by atoms with Crippen LogP contribution < -0.4 is 15.4 Å². The number of nitrogens with zero attached hydrogens (tertiary/aromatic N) is 2. The van der Waals surface area contributed by atoms with Crippen molar-refractivity contribution in [3.05, 3.63) is 12.1 Å². The van der Waals surface area contributed by atoms with Crippen LogP contribution in [0, 0.1) is 5.92 Å². The number of aromatic nitrogens is 1. The van der Waals surface area contributed by atoms with Crippen molar-refractivity contribution in [2.24, 2.45) is 5.92 Å². The quantitative estimate of drug-likeness (QED) is 0.873. The number of anilines is 2. The van der Waals surface area contributed by atoms with E-state index >= 15 is 0 Å². The molecule has 4 heteroatoms. The zero-order valence-corrected chi connectivity index (χ0v) is 10.6. The Balaban J connectivity index is 2.12. The molecule has 0 aromatic carbocycles. The molecule has 17 heavy (non-hydrogen) atoms. The van der Waals surface area contributed by atoms with Crippen molar-refractivity contribution in [1.29, 1.82) is 0 Å². The highest BCUT2D eigenvalue weighted by Crippen LogP contribution is 2.26. The average molecular weight is 235 g/mol. The van der Waals surface area contributed by atoms with Gasteiger partial charge in [0.15, 0.2) is 0 Å². The van der Waals surface area contributed by atoms with Crippen molar-refractivity contribution >= 4 is 11.5 Å². The fourth-order valence-electron chi connectivity index (χ4n) is 2.11. The summed E-state index contributed by atoms with van der Waals surface area (Å²) in [6.07, 6.45) is 2.46. The van der Waals surface area contributed by atoms with E-state index in [4.69, 9.17) is 10.5 Å². The third-order valence-electron chi connectivity index (χ3n) is 3.26. The van der Waals surface area contributed by atoms with Gasteiger partial charge >= 0.3 is 0 Å². The molecule has 94 valence electrons. The smallest absolute Gasteiger partial charge is 0.239 e. The Bertz CT molecular complexity index is 373. The molecule has 0 atom stereocenters. The highest BCUT2D eigenvalue weighted by atomic mass is 16.5. The van der Waals surface area contributed by atoms with Gasteiger partial charge in [0.25, 0.3) is 0 Å². The molecule has 2 rings (SSSR count). The molecule has 1 aromatic rings. The van der Waals surface area contributed by atoms with Crippen molar-refractivity contribution in [2.75, 3.05) is 30.3 Å². The summed E-state index contributed by atoms with van der Waals surface area (Å²) in [7, 11) is 0. The molecule has 0 bridgehead atoms. The second-order valence-electron chi connectivity index (χ2n) is 4.67. The molecule has 4 nitrogen and oxygen atoms in total. The third-order valence-corrected chi connectivity index (χ3v) is 3.26. The van der Waals surface area contributed by atoms with Crippen LogP contribution >= 0.6 is 0 Å². The Kier molecular flexibility index (Phi) is 3.71. The van der Waals surface area contributed by atoms with Gasteiger partial charge in [-0.15, -0.1) is 0 Å². The second-order valence-corrected chi connectivity index (χ2v) is 4.67. The summed E-state index contributed by atoms with van der Waals surface area (Å²) in [4.78, 5) is 6.80. The summed E-state index contributed by atoms with van der Waals surface area (Å²) < 4.78 is 5.43. The number of rotatable bonds is 3. The first-order chi connectivity index (χ1) is 8.20. The largest absolute Gasteiger partial charge is 0.476 e. The van der Waals surface area contributed by atoms with Gasteiger partial charge in [-0.1, -0.05) is 6.92 Å². The van der Waals surface area contributed by atoms with Gasteiger partial charge < -0.3 is 15.4 Å². The summed E-state index contributed by atoms with van der Waals surface area (Å²) >= 11 is 0. The molecule has 1 saturated heterocycles. The number of hydrogen-bond donors (Lipinski definition) is 1. The van der Waals surface area contributed by atoms with Crippen molar-refractivity contribution < 1.29 is 4.74 Å². The van der Waals surface area contributed by atoms with Crippen LogP contribution in [0.3, 0.4) is 0 Å². The van der Waals surface area contributed by atoms with Crippen LogP contribution in [0.2, 0.25) is 0 Å². The fraction of sp³-hybridized carbons (Fsp3) is 0.615. The minimum atomic E-state index is 0.559. The highest BCUT2D eigenvalue weighted by Gasteiger charge is 2.17. The van der Waals surface area contributed by atoms with E-state index in [-0.39, 0.29) is 0 Å². The Labute approximate surface area is 103 Å². The topological polar surface area (TPSA) is 51.4 Å². The minimum Gasteiger partial charge on any atom is -0.476 e. The maximum atomic E-state index is 5.82. The average Bonchev–Trinajstić information content (AvgIpc) is 2.33. The Morgan fingerprint density at radius 1 is 1.41 bits per heavy atom. The normalized spacial score (nSPS) is 17.2. The van der Waals surface area contributed by atoms with E-state index in [1.807, 2.05) is 19.1 Å². The van der Waals surface area contributed by atoms with Crippen LogP contribution in [0.4, 0.5) is 11.5 Å². The van der Waals surface area contributed by atoms with E-state index in [1.165, 1.54) is 12.8 Å². The zero-order valence-electron chi connectivity index (χ0n) is 10.6. The van der Waals surface area contributed by atoms with Gasteiger partial charge in [-0.25, -0.2) is 0 Å². The first kappa shape index (κ1) is 12.0. The molecule has 1 aromatic heterocycles. The summed E-state index contributed by atoms with van der Waals surface area (Å²) in [5.41, 5.74) is 6.43. The van der Waals surface area contributed by atoms with E-state index < -0.39 is 0 Å². The first-order valence-electron chi connectivity index (χ1n) is 6.35. The molecule has 0 aliphatic carbocycles. The lowest BCUT2D eigenvalue weighted by atomic mass is 9.99. The van der Waals surface area contributed by atoms with E-state index in [9.17, 15) is 0 Å². The molecule has 1 fully saturated rings. The van der Waals surface area contributed by atoms with Gasteiger partial charge in [-0.05, 0) is 37.8 Å². The number of piperidine rings is 1. The molecule has 0 amide bonds. The highest BCUT2D eigenvalue weighted by molar-refractivity contribution is 5.54. The Morgan fingerprint density at radius 2 is 2.12 bits per heavy atom. The van der Waals surface area contributed by atoms with Crippen molar-refractivity contribution in [3.63, 3.8) is 0 Å². The number of nitrogens with two attached hydrogens (primary N) is 1. The molecule has 0 spiro atoms. The minimum absolute atomic E-state index is 0.559. The van der Waals surface area contributed by atoms with Crippen LogP contribution in [-0.2, 0) is 0 Å². The predicted molar refractivity (Wildman–Crippen MR) is 70.4 cm³/mol. The van der Waals surface area contributed by atoms with Crippen LogP contribution in [0.1, 0.15) is 26.7 Å². The molecular formula is C13H21N3O. The van der Waals surface area contributed by atoms with E-state index in [0.717, 1.165) is 24.8 Å². The summed E-state index contributed by atoms with van der Waals surface area (Å²) in [6.45, 7) is 6.99. The molecule has 0 radical (unpaired) electrons. The monoisotopic (exact) mass is 235 g/mol. The second kappa shape index (κ2) is 5.25. The molecule has 1 aliphatic rings. The van der Waals surface area contributed by atoms with E-state index in [1.54, 1.807) is 0 Å². The lowest BCUT2D eigenvalue weighted by Crippen LogP contribution is -2.33. The van der Waals surface area contributed by atoms with Crippen LogP contribution in [-0.4, -0.2) is 24.7 Å². The summed E-state index contributed by atoms with van der Waals surface area (Å²) in [5.74, 6) is 2.37. The first-order valence-corrected chi connectivity index (χ1v) is 6.35. The maximum Gasteiger partial charge on any atom is 0.239 e. The van der Waals surface area contributed by atoms with E-state index in [2.05, 4.69) is 16.8 Å². The van der Waals surface area contributed by atoms with Crippen molar-refractivity contribution in [3.8, 4) is 5.88 Å². The lowest BCUT2D eigenvalue weighted by molar-refractivity contribution is 0.328. The fourth-order valence-corrected chi connectivity index (χ4v) is 2.11. The molecule has 2 heterocycles. The molecule has 2 N–H and O–H groups in total. The molecule has 1 aliphatic heterocycles. The van der Waals surface area contributed by atoms with Gasteiger partial charge in [0.2, 0.25) is 5.88 Å². The number of ether oxygens (including phenoxy) is 1. The van der Waals surface area contributed by atoms with E-state index in [0.29, 0.717) is 18.2 Å². The van der Waals surface area contributed by atoms with Gasteiger partial charge in [0.1, 0.15) is 5.82 Å².